The molecule has 4 nitrogen and oxygen atoms in total. The number of rotatable bonds is 4. The zero-order valence-electron chi connectivity index (χ0n) is 10.6. The molecule has 1 aromatic heterocycles. The summed E-state index contributed by atoms with van der Waals surface area (Å²) in [7, 11) is 1.61. The first kappa shape index (κ1) is 12.9. The minimum atomic E-state index is -0.224. The second kappa shape index (κ2) is 5.40. The molecule has 1 unspecified atom stereocenters. The van der Waals surface area contributed by atoms with Gasteiger partial charge < -0.3 is 9.26 Å². The van der Waals surface area contributed by atoms with Crippen molar-refractivity contribution in [2.24, 2.45) is 0 Å². The maximum absolute atomic E-state index is 6.08. The molecular formula is C13H15ClN2O2. The van der Waals surface area contributed by atoms with Gasteiger partial charge in [0.2, 0.25) is 0 Å². The fraction of sp³-hybridized carbons (Fsp3) is 0.385. The largest absolute Gasteiger partial charge is 0.496 e. The van der Waals surface area contributed by atoms with Crippen LogP contribution in [-0.2, 0) is 0 Å². The van der Waals surface area contributed by atoms with E-state index in [-0.39, 0.29) is 5.38 Å². The number of aryl methyl sites for hydroxylation is 1. The Labute approximate surface area is 111 Å². The van der Waals surface area contributed by atoms with Gasteiger partial charge in [-0.15, -0.1) is 11.6 Å². The number of aromatic nitrogens is 2. The van der Waals surface area contributed by atoms with Gasteiger partial charge in [0.25, 0.3) is 5.89 Å². The van der Waals surface area contributed by atoms with Crippen molar-refractivity contribution in [1.29, 1.82) is 0 Å². The van der Waals surface area contributed by atoms with E-state index in [4.69, 9.17) is 20.9 Å². The van der Waals surface area contributed by atoms with Crippen LogP contribution in [0.3, 0.4) is 0 Å². The first-order valence-corrected chi connectivity index (χ1v) is 6.22. The number of benzene rings is 1. The first-order chi connectivity index (χ1) is 8.65. The Morgan fingerprint density at radius 1 is 1.44 bits per heavy atom. The SMILES string of the molecule is CCC(Cl)c1noc(-c2cc(C)ccc2OC)n1. The highest BCUT2D eigenvalue weighted by molar-refractivity contribution is 6.20. The minimum absolute atomic E-state index is 0.224. The second-order valence-electron chi connectivity index (χ2n) is 4.04. The van der Waals surface area contributed by atoms with E-state index in [1.54, 1.807) is 7.11 Å². The summed E-state index contributed by atoms with van der Waals surface area (Å²) in [5, 5.41) is 3.67. The van der Waals surface area contributed by atoms with E-state index in [1.165, 1.54) is 0 Å². The lowest BCUT2D eigenvalue weighted by Crippen LogP contribution is -1.92. The summed E-state index contributed by atoms with van der Waals surface area (Å²) in [6, 6.07) is 5.80. The smallest absolute Gasteiger partial charge is 0.261 e. The molecule has 96 valence electrons. The molecule has 5 heteroatoms. The maximum Gasteiger partial charge on any atom is 0.261 e. The zero-order valence-corrected chi connectivity index (χ0v) is 11.4. The summed E-state index contributed by atoms with van der Waals surface area (Å²) in [5.41, 5.74) is 1.89. The topological polar surface area (TPSA) is 48.2 Å². The van der Waals surface area contributed by atoms with Crippen molar-refractivity contribution in [3.05, 3.63) is 29.6 Å². The standard InChI is InChI=1S/C13H15ClN2O2/c1-4-10(14)12-15-13(18-16-12)9-7-8(2)5-6-11(9)17-3/h5-7,10H,4H2,1-3H3. The van der Waals surface area contributed by atoms with E-state index in [1.807, 2.05) is 32.0 Å². The van der Waals surface area contributed by atoms with E-state index in [0.717, 1.165) is 17.5 Å². The average Bonchev–Trinajstić information content (AvgIpc) is 2.87. The van der Waals surface area contributed by atoms with Crippen molar-refractivity contribution in [2.75, 3.05) is 7.11 Å². The van der Waals surface area contributed by atoms with Crippen molar-refractivity contribution in [2.45, 2.75) is 25.6 Å². The second-order valence-corrected chi connectivity index (χ2v) is 4.56. The van der Waals surface area contributed by atoms with Crippen LogP contribution in [0.1, 0.15) is 30.1 Å². The van der Waals surface area contributed by atoms with Crippen LogP contribution in [0.25, 0.3) is 11.5 Å². The molecule has 0 aliphatic heterocycles. The molecule has 0 N–H and O–H groups in total. The highest BCUT2D eigenvalue weighted by Crippen LogP contribution is 2.31. The van der Waals surface area contributed by atoms with Crippen LogP contribution >= 0.6 is 11.6 Å². The highest BCUT2D eigenvalue weighted by atomic mass is 35.5. The molecule has 2 rings (SSSR count). The molecule has 0 saturated carbocycles. The van der Waals surface area contributed by atoms with Crippen LogP contribution in [0, 0.1) is 6.92 Å². The molecule has 0 radical (unpaired) electrons. The Morgan fingerprint density at radius 3 is 2.89 bits per heavy atom. The average molecular weight is 267 g/mol. The molecule has 0 saturated heterocycles. The lowest BCUT2D eigenvalue weighted by molar-refractivity contribution is 0.402. The lowest BCUT2D eigenvalue weighted by atomic mass is 10.1. The van der Waals surface area contributed by atoms with Gasteiger partial charge in [0.1, 0.15) is 5.75 Å². The van der Waals surface area contributed by atoms with Gasteiger partial charge >= 0.3 is 0 Å². The van der Waals surface area contributed by atoms with Gasteiger partial charge in [0.15, 0.2) is 5.82 Å². The molecule has 0 amide bonds. The van der Waals surface area contributed by atoms with Gasteiger partial charge in [-0.1, -0.05) is 23.7 Å². The molecule has 0 bridgehead atoms. The maximum atomic E-state index is 6.08. The number of hydrogen-bond acceptors (Lipinski definition) is 4. The summed E-state index contributed by atoms with van der Waals surface area (Å²) < 4.78 is 10.5. The first-order valence-electron chi connectivity index (χ1n) is 5.78. The van der Waals surface area contributed by atoms with Crippen LogP contribution in [0.15, 0.2) is 22.7 Å². The molecule has 1 aromatic carbocycles. The van der Waals surface area contributed by atoms with E-state index >= 15 is 0 Å². The normalized spacial score (nSPS) is 12.4. The number of nitrogens with zero attached hydrogens (tertiary/aromatic N) is 2. The zero-order chi connectivity index (χ0) is 13.1. The number of methoxy groups -OCH3 is 1. The van der Waals surface area contributed by atoms with Gasteiger partial charge in [-0.3, -0.25) is 0 Å². The third-order valence-electron chi connectivity index (χ3n) is 2.67. The fourth-order valence-corrected chi connectivity index (χ4v) is 1.73. The predicted molar refractivity (Wildman–Crippen MR) is 69.9 cm³/mol. The Morgan fingerprint density at radius 2 is 2.22 bits per heavy atom. The van der Waals surface area contributed by atoms with Gasteiger partial charge in [-0.05, 0) is 25.5 Å². The Bertz CT molecular complexity index is 540. The molecule has 2 aromatic rings. The third-order valence-corrected chi connectivity index (χ3v) is 3.17. The fourth-order valence-electron chi connectivity index (χ4n) is 1.64. The van der Waals surface area contributed by atoms with Gasteiger partial charge in [0, 0.05) is 0 Å². The van der Waals surface area contributed by atoms with Gasteiger partial charge in [-0.2, -0.15) is 4.98 Å². The minimum Gasteiger partial charge on any atom is -0.496 e. The van der Waals surface area contributed by atoms with Crippen molar-refractivity contribution in [3.8, 4) is 17.2 Å². The number of hydrogen-bond donors (Lipinski definition) is 0. The van der Waals surface area contributed by atoms with Crippen molar-refractivity contribution >= 4 is 11.6 Å². The predicted octanol–water partition coefficient (Wildman–Crippen LogP) is 3.74. The lowest BCUT2D eigenvalue weighted by Gasteiger charge is -2.05. The van der Waals surface area contributed by atoms with Crippen LogP contribution in [0.2, 0.25) is 0 Å². The van der Waals surface area contributed by atoms with Gasteiger partial charge in [-0.25, -0.2) is 0 Å². The van der Waals surface area contributed by atoms with Crippen LogP contribution in [0.5, 0.6) is 5.75 Å². The summed E-state index contributed by atoms with van der Waals surface area (Å²) in [6.45, 7) is 3.97. The van der Waals surface area contributed by atoms with Crippen molar-refractivity contribution in [3.63, 3.8) is 0 Å². The van der Waals surface area contributed by atoms with E-state index < -0.39 is 0 Å². The molecule has 18 heavy (non-hydrogen) atoms. The molecule has 1 heterocycles. The quantitative estimate of drug-likeness (QED) is 0.791. The summed E-state index contributed by atoms with van der Waals surface area (Å²) in [6.07, 6.45) is 0.755. The summed E-state index contributed by atoms with van der Waals surface area (Å²) in [4.78, 5) is 4.31. The Hall–Kier alpha value is -1.55. The molecular weight excluding hydrogens is 252 g/mol. The van der Waals surface area contributed by atoms with Crippen molar-refractivity contribution in [1.82, 2.24) is 10.1 Å². The van der Waals surface area contributed by atoms with Crippen LogP contribution in [-0.4, -0.2) is 17.3 Å². The van der Waals surface area contributed by atoms with E-state index in [2.05, 4.69) is 10.1 Å². The van der Waals surface area contributed by atoms with Gasteiger partial charge in [0.05, 0.1) is 18.1 Å². The Kier molecular flexibility index (Phi) is 3.87. The molecule has 0 spiro atoms. The van der Waals surface area contributed by atoms with Crippen molar-refractivity contribution < 1.29 is 9.26 Å². The Balaban J connectivity index is 2.42. The highest BCUT2D eigenvalue weighted by Gasteiger charge is 2.17. The monoisotopic (exact) mass is 266 g/mol. The van der Waals surface area contributed by atoms with E-state index in [9.17, 15) is 0 Å². The number of ether oxygens (including phenoxy) is 1. The van der Waals surface area contributed by atoms with Crippen LogP contribution in [0.4, 0.5) is 0 Å². The number of alkyl halides is 1. The molecule has 0 aliphatic rings. The summed E-state index contributed by atoms with van der Waals surface area (Å²) >= 11 is 6.08. The van der Waals surface area contributed by atoms with E-state index in [0.29, 0.717) is 17.5 Å². The van der Waals surface area contributed by atoms with Crippen LogP contribution < -0.4 is 4.74 Å². The third kappa shape index (κ3) is 2.48. The molecule has 1 atom stereocenters. The summed E-state index contributed by atoms with van der Waals surface area (Å²) in [5.74, 6) is 1.65. The molecule has 0 fully saturated rings. The molecule has 0 aliphatic carbocycles. The number of halogens is 1.